The van der Waals surface area contributed by atoms with E-state index >= 15 is 0 Å². The molecule has 0 N–H and O–H groups in total. The lowest BCUT2D eigenvalue weighted by molar-refractivity contribution is -0.00255. The molecular formula is C20H26N2O4S. The zero-order chi connectivity index (χ0) is 19.4. The van der Waals surface area contributed by atoms with Crippen LogP contribution >= 0.6 is 0 Å². The number of nitrogens with zero attached hydrogens (tertiary/aromatic N) is 2. The minimum absolute atomic E-state index is 0.271. The monoisotopic (exact) mass is 390 g/mol. The van der Waals surface area contributed by atoms with Crippen molar-refractivity contribution in [3.05, 3.63) is 54.1 Å². The van der Waals surface area contributed by atoms with Gasteiger partial charge < -0.3 is 14.4 Å². The number of morpholine rings is 1. The smallest absolute Gasteiger partial charge is 0.243 e. The summed E-state index contributed by atoms with van der Waals surface area (Å²) in [6, 6.07) is 14.6. The third kappa shape index (κ3) is 4.43. The molecule has 1 aliphatic rings. The van der Waals surface area contributed by atoms with Gasteiger partial charge in [0.05, 0.1) is 24.2 Å². The van der Waals surface area contributed by atoms with Crippen molar-refractivity contribution in [1.82, 2.24) is 4.31 Å². The molecule has 1 saturated heterocycles. The zero-order valence-corrected chi connectivity index (χ0v) is 16.8. The van der Waals surface area contributed by atoms with E-state index in [-0.39, 0.29) is 11.0 Å². The van der Waals surface area contributed by atoms with Gasteiger partial charge in [0, 0.05) is 32.9 Å². The average molecular weight is 391 g/mol. The molecule has 1 heterocycles. The van der Waals surface area contributed by atoms with Crippen LogP contribution in [0.1, 0.15) is 18.6 Å². The maximum atomic E-state index is 13.0. The van der Waals surface area contributed by atoms with E-state index in [1.165, 1.54) is 4.31 Å². The van der Waals surface area contributed by atoms with Crippen molar-refractivity contribution in [2.24, 2.45) is 0 Å². The van der Waals surface area contributed by atoms with Gasteiger partial charge in [0.15, 0.2) is 0 Å². The Morgan fingerprint density at radius 1 is 1.11 bits per heavy atom. The molecule has 1 fully saturated rings. The fraction of sp³-hybridized carbons (Fsp3) is 0.400. The maximum absolute atomic E-state index is 13.0. The third-order valence-corrected chi connectivity index (χ3v) is 6.46. The lowest BCUT2D eigenvalue weighted by Gasteiger charge is -2.32. The first-order valence-corrected chi connectivity index (χ1v) is 10.5. The Kier molecular flexibility index (Phi) is 6.04. The van der Waals surface area contributed by atoms with Gasteiger partial charge in [-0.1, -0.05) is 12.1 Å². The summed E-state index contributed by atoms with van der Waals surface area (Å²) in [6.45, 7) is 3.46. The van der Waals surface area contributed by atoms with Crippen LogP contribution in [0.5, 0.6) is 5.75 Å². The standard InChI is InChI=1S/C20H26N2O4S/c1-4-25-18-9-11-19(12-10-18)27(23,24)22-13-14-26-20(15-22)16-5-7-17(8-6-16)21(2)3/h5-12,20H,4,13-15H2,1-3H3. The molecule has 2 aromatic carbocycles. The van der Waals surface area contributed by atoms with Crippen molar-refractivity contribution < 1.29 is 17.9 Å². The summed E-state index contributed by atoms with van der Waals surface area (Å²) in [4.78, 5) is 2.29. The first-order valence-electron chi connectivity index (χ1n) is 9.03. The predicted molar refractivity (Wildman–Crippen MR) is 106 cm³/mol. The van der Waals surface area contributed by atoms with Crippen molar-refractivity contribution in [3.63, 3.8) is 0 Å². The summed E-state index contributed by atoms with van der Waals surface area (Å²) >= 11 is 0. The number of anilines is 1. The van der Waals surface area contributed by atoms with Crippen molar-refractivity contribution >= 4 is 15.7 Å². The van der Waals surface area contributed by atoms with Gasteiger partial charge in [-0.25, -0.2) is 8.42 Å². The van der Waals surface area contributed by atoms with Crippen LogP contribution in [0, 0.1) is 0 Å². The van der Waals surface area contributed by atoms with Crippen LogP contribution in [0.4, 0.5) is 5.69 Å². The summed E-state index contributed by atoms with van der Waals surface area (Å²) in [7, 11) is 0.400. The second-order valence-electron chi connectivity index (χ2n) is 6.61. The van der Waals surface area contributed by atoms with Crippen molar-refractivity contribution in [1.29, 1.82) is 0 Å². The molecule has 1 atom stereocenters. The number of hydrogen-bond donors (Lipinski definition) is 0. The second-order valence-corrected chi connectivity index (χ2v) is 8.55. The summed E-state index contributed by atoms with van der Waals surface area (Å²) in [6.07, 6.45) is -0.271. The summed E-state index contributed by atoms with van der Waals surface area (Å²) in [5.74, 6) is 0.664. The molecule has 0 amide bonds. The van der Waals surface area contributed by atoms with E-state index < -0.39 is 10.0 Å². The Hall–Kier alpha value is -2.09. The highest BCUT2D eigenvalue weighted by Crippen LogP contribution is 2.28. The van der Waals surface area contributed by atoms with Gasteiger partial charge in [0.1, 0.15) is 5.75 Å². The Bertz CT molecular complexity index is 849. The van der Waals surface area contributed by atoms with Crippen molar-refractivity contribution in [2.45, 2.75) is 17.9 Å². The van der Waals surface area contributed by atoms with Crippen LogP contribution in [0.2, 0.25) is 0 Å². The van der Waals surface area contributed by atoms with Crippen LogP contribution in [-0.2, 0) is 14.8 Å². The molecule has 27 heavy (non-hydrogen) atoms. The zero-order valence-electron chi connectivity index (χ0n) is 16.0. The van der Waals surface area contributed by atoms with E-state index in [1.807, 2.05) is 50.2 Å². The van der Waals surface area contributed by atoms with Crippen LogP contribution in [0.3, 0.4) is 0 Å². The highest BCUT2D eigenvalue weighted by molar-refractivity contribution is 7.89. The van der Waals surface area contributed by atoms with E-state index in [9.17, 15) is 8.42 Å². The predicted octanol–water partition coefficient (Wildman–Crippen LogP) is 2.91. The van der Waals surface area contributed by atoms with E-state index in [1.54, 1.807) is 24.3 Å². The van der Waals surface area contributed by atoms with Gasteiger partial charge in [-0.3, -0.25) is 0 Å². The van der Waals surface area contributed by atoms with Crippen LogP contribution in [-0.4, -0.2) is 53.1 Å². The van der Waals surface area contributed by atoms with Crippen LogP contribution in [0.25, 0.3) is 0 Å². The molecule has 7 heteroatoms. The molecule has 6 nitrogen and oxygen atoms in total. The topological polar surface area (TPSA) is 59.1 Å². The average Bonchev–Trinajstić information content (AvgIpc) is 2.69. The number of rotatable bonds is 6. The normalized spacial score (nSPS) is 18.3. The molecule has 1 aliphatic heterocycles. The molecule has 1 unspecified atom stereocenters. The van der Waals surface area contributed by atoms with Gasteiger partial charge in [0.2, 0.25) is 10.0 Å². The van der Waals surface area contributed by atoms with Crippen molar-refractivity contribution in [3.8, 4) is 5.75 Å². The number of hydrogen-bond acceptors (Lipinski definition) is 5. The fourth-order valence-electron chi connectivity index (χ4n) is 3.06. The molecule has 0 aromatic heterocycles. The second kappa shape index (κ2) is 8.29. The first kappa shape index (κ1) is 19.7. The summed E-state index contributed by atoms with van der Waals surface area (Å²) in [5.41, 5.74) is 2.07. The molecule has 3 rings (SSSR count). The molecule has 0 aliphatic carbocycles. The van der Waals surface area contributed by atoms with Crippen molar-refractivity contribution in [2.75, 3.05) is 45.3 Å². The maximum Gasteiger partial charge on any atom is 0.243 e. The highest BCUT2D eigenvalue weighted by Gasteiger charge is 2.31. The quantitative estimate of drug-likeness (QED) is 0.759. The minimum Gasteiger partial charge on any atom is -0.494 e. The highest BCUT2D eigenvalue weighted by atomic mass is 32.2. The molecule has 0 radical (unpaired) electrons. The lowest BCUT2D eigenvalue weighted by Crippen LogP contribution is -2.42. The minimum atomic E-state index is -3.57. The van der Waals surface area contributed by atoms with E-state index in [0.29, 0.717) is 32.1 Å². The summed E-state index contributed by atoms with van der Waals surface area (Å²) in [5, 5.41) is 0. The SMILES string of the molecule is CCOc1ccc(S(=O)(=O)N2CCOC(c3ccc(N(C)C)cc3)C2)cc1. The third-order valence-electron chi connectivity index (χ3n) is 4.58. The Balaban J connectivity index is 1.76. The fourth-order valence-corrected chi connectivity index (χ4v) is 4.48. The van der Waals surface area contributed by atoms with E-state index in [4.69, 9.17) is 9.47 Å². The molecule has 0 bridgehead atoms. The van der Waals surface area contributed by atoms with Gasteiger partial charge >= 0.3 is 0 Å². The van der Waals surface area contributed by atoms with E-state index in [2.05, 4.69) is 0 Å². The van der Waals surface area contributed by atoms with Crippen LogP contribution in [0.15, 0.2) is 53.4 Å². The first-order chi connectivity index (χ1) is 12.9. The van der Waals surface area contributed by atoms with E-state index in [0.717, 1.165) is 11.3 Å². The summed E-state index contributed by atoms with van der Waals surface area (Å²) < 4.78 is 38.7. The lowest BCUT2D eigenvalue weighted by atomic mass is 10.1. The number of sulfonamides is 1. The largest absolute Gasteiger partial charge is 0.494 e. The molecule has 146 valence electrons. The van der Waals surface area contributed by atoms with Gasteiger partial charge in [-0.2, -0.15) is 4.31 Å². The Morgan fingerprint density at radius 2 is 1.78 bits per heavy atom. The molecular weight excluding hydrogens is 364 g/mol. The van der Waals surface area contributed by atoms with Gasteiger partial charge in [-0.15, -0.1) is 0 Å². The number of benzene rings is 2. The van der Waals surface area contributed by atoms with Gasteiger partial charge in [-0.05, 0) is 48.9 Å². The van der Waals surface area contributed by atoms with Crippen LogP contribution < -0.4 is 9.64 Å². The molecule has 0 saturated carbocycles. The Morgan fingerprint density at radius 3 is 2.37 bits per heavy atom. The van der Waals surface area contributed by atoms with Gasteiger partial charge in [0.25, 0.3) is 0 Å². The Labute approximate surface area is 161 Å². The molecule has 0 spiro atoms. The molecule has 2 aromatic rings. The number of ether oxygens (including phenoxy) is 2.